The van der Waals surface area contributed by atoms with E-state index in [0.717, 1.165) is 28.4 Å². The lowest BCUT2D eigenvalue weighted by molar-refractivity contribution is 0.0589. The molecule has 4 nitrogen and oxygen atoms in total. The zero-order chi connectivity index (χ0) is 20.4. The summed E-state index contributed by atoms with van der Waals surface area (Å²) in [6.07, 6.45) is 4.30. The molecule has 9 heteroatoms. The van der Waals surface area contributed by atoms with Crippen LogP contribution < -0.4 is 5.32 Å². The number of aromatic nitrogens is 2. The van der Waals surface area contributed by atoms with Crippen LogP contribution in [-0.2, 0) is 7.05 Å². The van der Waals surface area contributed by atoms with Gasteiger partial charge in [0, 0.05) is 24.6 Å². The van der Waals surface area contributed by atoms with Crippen molar-refractivity contribution >= 4 is 29.1 Å². The maximum absolute atomic E-state index is 16.1. The number of fused-ring (bicyclic) bond motifs is 5. The van der Waals surface area contributed by atoms with Crippen LogP contribution >= 0.6 is 23.2 Å². The van der Waals surface area contributed by atoms with Crippen LogP contribution in [-0.4, -0.2) is 21.5 Å². The van der Waals surface area contributed by atoms with Crippen molar-refractivity contribution < 1.29 is 18.0 Å². The number of nitrogens with one attached hydrogen (secondary N) is 1. The maximum Gasteiger partial charge on any atom is 0.282 e. The second-order valence-electron chi connectivity index (χ2n) is 7.73. The molecule has 2 fully saturated rings. The molecule has 1 amide bonds. The van der Waals surface area contributed by atoms with Crippen LogP contribution in [0, 0.1) is 17.3 Å². The first kappa shape index (κ1) is 19.6. The smallest absolute Gasteiger partial charge is 0.282 e. The molecule has 150 valence electrons. The number of carbonyl (C=O) groups excluding carboxylic acids is 1. The van der Waals surface area contributed by atoms with Gasteiger partial charge in [0.25, 0.3) is 12.3 Å². The summed E-state index contributed by atoms with van der Waals surface area (Å²) in [4.78, 5) is 12.7. The highest BCUT2D eigenvalue weighted by Gasteiger charge is 2.63. The summed E-state index contributed by atoms with van der Waals surface area (Å²) in [5.41, 5.74) is 0.0940. The van der Waals surface area contributed by atoms with Gasteiger partial charge in [0.2, 0.25) is 5.79 Å². The zero-order valence-electron chi connectivity index (χ0n) is 15.1. The lowest BCUT2D eigenvalue weighted by Crippen LogP contribution is -2.52. The van der Waals surface area contributed by atoms with Crippen molar-refractivity contribution in [3.05, 3.63) is 51.3 Å². The molecular formula is C19H18Cl2F3N3O. The van der Waals surface area contributed by atoms with Crippen LogP contribution in [0.1, 0.15) is 42.2 Å². The summed E-state index contributed by atoms with van der Waals surface area (Å²) in [5, 5.41) is 5.93. The van der Waals surface area contributed by atoms with Crippen molar-refractivity contribution in [2.75, 3.05) is 0 Å². The summed E-state index contributed by atoms with van der Waals surface area (Å²) in [5.74, 6) is -4.13. The minimum atomic E-state index is -2.94. The Morgan fingerprint density at radius 1 is 1.43 bits per heavy atom. The minimum Gasteiger partial charge on any atom is -0.316 e. The molecule has 0 aromatic carbocycles. The first-order valence-electron chi connectivity index (χ1n) is 8.87. The average molecular weight is 432 g/mol. The van der Waals surface area contributed by atoms with E-state index < -0.39 is 35.2 Å². The van der Waals surface area contributed by atoms with Gasteiger partial charge in [-0.3, -0.25) is 9.48 Å². The van der Waals surface area contributed by atoms with Crippen LogP contribution in [0.4, 0.5) is 13.2 Å². The van der Waals surface area contributed by atoms with Crippen molar-refractivity contribution in [1.82, 2.24) is 15.1 Å². The van der Waals surface area contributed by atoms with Gasteiger partial charge in [-0.05, 0) is 30.4 Å². The normalized spacial score (nSPS) is 33.3. The molecule has 1 N–H and O–H groups in total. The van der Waals surface area contributed by atoms with Gasteiger partial charge < -0.3 is 5.32 Å². The number of amides is 1. The highest BCUT2D eigenvalue weighted by Crippen LogP contribution is 2.68. The van der Waals surface area contributed by atoms with E-state index in [2.05, 4.69) is 10.4 Å². The lowest BCUT2D eigenvalue weighted by atomic mass is 9.70. The molecule has 4 rings (SSSR count). The molecule has 0 radical (unpaired) electrons. The van der Waals surface area contributed by atoms with Crippen molar-refractivity contribution in [1.29, 1.82) is 0 Å². The molecule has 0 aliphatic heterocycles. The van der Waals surface area contributed by atoms with Crippen molar-refractivity contribution in [3.8, 4) is 0 Å². The van der Waals surface area contributed by atoms with Crippen LogP contribution in [0.2, 0.25) is 0 Å². The molecule has 2 bridgehead atoms. The number of aryl methyl sites for hydroxylation is 1. The van der Waals surface area contributed by atoms with E-state index in [4.69, 9.17) is 23.2 Å². The van der Waals surface area contributed by atoms with Crippen molar-refractivity contribution in [3.63, 3.8) is 0 Å². The Balaban J connectivity index is 1.70. The Bertz CT molecular complexity index is 950. The molecule has 2 saturated carbocycles. The van der Waals surface area contributed by atoms with E-state index in [-0.39, 0.29) is 16.0 Å². The zero-order valence-corrected chi connectivity index (χ0v) is 16.7. The Kier molecular flexibility index (Phi) is 4.47. The number of allylic oxidation sites excluding steroid dienone is 3. The molecule has 1 aromatic rings. The van der Waals surface area contributed by atoms with E-state index in [1.807, 2.05) is 13.0 Å². The van der Waals surface area contributed by atoms with Crippen LogP contribution in [0.25, 0.3) is 0 Å². The second kappa shape index (κ2) is 6.39. The number of halogens is 5. The lowest BCUT2D eigenvalue weighted by Gasteiger charge is -2.40. The standard InChI is InChI=1S/C19H18Cl2F3N3O/c1-18-7-5-9(13(18)15(20)21)12-11(18)4-3-6-19(12,24)25-17(28)10-8-27(2)26-14(10)16(22)23/h3-4,6,8-9,12,16H,5,7H2,1-2H3,(H,25,28)/t9-,12?,18+,19?/m0/s1. The summed E-state index contributed by atoms with van der Waals surface area (Å²) in [7, 11) is 1.42. The quantitative estimate of drug-likeness (QED) is 0.685. The highest BCUT2D eigenvalue weighted by atomic mass is 35.5. The molecule has 3 aliphatic rings. The fourth-order valence-electron chi connectivity index (χ4n) is 5.08. The van der Waals surface area contributed by atoms with Gasteiger partial charge in [-0.25, -0.2) is 13.2 Å². The summed E-state index contributed by atoms with van der Waals surface area (Å²) < 4.78 is 43.7. The molecule has 0 saturated heterocycles. The number of nitrogens with zero attached hydrogens (tertiary/aromatic N) is 2. The van der Waals surface area contributed by atoms with E-state index in [1.54, 1.807) is 0 Å². The summed E-state index contributed by atoms with van der Waals surface area (Å²) in [6.45, 7) is 1.97. The molecule has 1 aromatic heterocycles. The van der Waals surface area contributed by atoms with Gasteiger partial charge in [-0.15, -0.1) is 0 Å². The third-order valence-corrected chi connectivity index (χ3v) is 6.59. The molecule has 0 spiro atoms. The van der Waals surface area contributed by atoms with Crippen LogP contribution in [0.15, 0.2) is 40.1 Å². The van der Waals surface area contributed by atoms with Crippen LogP contribution in [0.5, 0.6) is 0 Å². The van der Waals surface area contributed by atoms with Crippen molar-refractivity contribution in [2.24, 2.45) is 24.3 Å². The molecular weight excluding hydrogens is 414 g/mol. The highest BCUT2D eigenvalue weighted by molar-refractivity contribution is 6.56. The topological polar surface area (TPSA) is 46.9 Å². The Labute approximate surface area is 170 Å². The molecule has 2 unspecified atom stereocenters. The number of hydrogen-bond acceptors (Lipinski definition) is 2. The monoisotopic (exact) mass is 431 g/mol. The molecule has 3 aliphatic carbocycles. The predicted molar refractivity (Wildman–Crippen MR) is 99.7 cm³/mol. The first-order chi connectivity index (χ1) is 13.1. The first-order valence-corrected chi connectivity index (χ1v) is 9.62. The Morgan fingerprint density at radius 2 is 2.14 bits per heavy atom. The van der Waals surface area contributed by atoms with Crippen molar-refractivity contribution in [2.45, 2.75) is 32.0 Å². The predicted octanol–water partition coefficient (Wildman–Crippen LogP) is 4.98. The number of alkyl halides is 3. The van der Waals surface area contributed by atoms with E-state index in [0.29, 0.717) is 6.42 Å². The van der Waals surface area contributed by atoms with Gasteiger partial charge in [0.1, 0.15) is 10.2 Å². The average Bonchev–Trinajstić information content (AvgIpc) is 3.22. The second-order valence-corrected chi connectivity index (χ2v) is 8.68. The Morgan fingerprint density at radius 3 is 2.79 bits per heavy atom. The third kappa shape index (κ3) is 2.66. The largest absolute Gasteiger partial charge is 0.316 e. The van der Waals surface area contributed by atoms with E-state index in [1.165, 1.54) is 19.2 Å². The number of rotatable bonds is 3. The van der Waals surface area contributed by atoms with Gasteiger partial charge in [0.15, 0.2) is 0 Å². The fraction of sp³-hybridized carbons (Fsp3) is 0.474. The Hall–Kier alpha value is -1.73. The van der Waals surface area contributed by atoms with E-state index in [9.17, 15) is 13.6 Å². The van der Waals surface area contributed by atoms with E-state index >= 15 is 4.39 Å². The van der Waals surface area contributed by atoms with Gasteiger partial charge in [-0.1, -0.05) is 47.9 Å². The molecule has 4 atom stereocenters. The van der Waals surface area contributed by atoms with Crippen LogP contribution in [0.3, 0.4) is 0 Å². The van der Waals surface area contributed by atoms with Gasteiger partial charge in [0.05, 0.1) is 5.56 Å². The molecule has 28 heavy (non-hydrogen) atoms. The van der Waals surface area contributed by atoms with Gasteiger partial charge >= 0.3 is 0 Å². The summed E-state index contributed by atoms with van der Waals surface area (Å²) >= 11 is 12.2. The molecule has 1 heterocycles. The number of hydrogen-bond donors (Lipinski definition) is 1. The van der Waals surface area contributed by atoms with Gasteiger partial charge in [-0.2, -0.15) is 5.10 Å². The fourth-order valence-corrected chi connectivity index (χ4v) is 5.78. The number of carbonyl (C=O) groups is 1. The SMILES string of the molecule is Cn1cc(C(=O)NC2(F)C=CC=C3C2[C@@H]2CC[C@@]3(C)C2=C(Cl)Cl)c(C(F)F)n1. The summed E-state index contributed by atoms with van der Waals surface area (Å²) in [6, 6.07) is 0. The minimum absolute atomic E-state index is 0.126. The maximum atomic E-state index is 16.1. The third-order valence-electron chi connectivity index (χ3n) is 6.18.